The average Bonchev–Trinajstić information content (AvgIpc) is 2.85. The largest absolute Gasteiger partial charge is 0.358 e. The molecule has 2 aromatic heterocycles. The lowest BCUT2D eigenvalue weighted by Gasteiger charge is -2.34. The van der Waals surface area contributed by atoms with Crippen molar-refractivity contribution in [2.24, 2.45) is 0 Å². The molecule has 1 aliphatic heterocycles. The van der Waals surface area contributed by atoms with E-state index in [-0.39, 0.29) is 28.4 Å². The third-order valence-corrected chi connectivity index (χ3v) is 5.77. The molecule has 34 heavy (non-hydrogen) atoms. The van der Waals surface area contributed by atoms with Crippen LogP contribution in [0.15, 0.2) is 48.8 Å². The zero-order chi connectivity index (χ0) is 24.2. The number of nitrogens with zero attached hydrogens (tertiary/aromatic N) is 4. The molecule has 1 unspecified atom stereocenters. The summed E-state index contributed by atoms with van der Waals surface area (Å²) in [5.74, 6) is -2.23. The van der Waals surface area contributed by atoms with E-state index in [1.807, 2.05) is 19.9 Å². The van der Waals surface area contributed by atoms with Crippen LogP contribution in [0.5, 0.6) is 0 Å². The van der Waals surface area contributed by atoms with Gasteiger partial charge in [0, 0.05) is 18.4 Å². The first-order valence-electron chi connectivity index (χ1n) is 11.2. The van der Waals surface area contributed by atoms with E-state index in [2.05, 4.69) is 9.97 Å². The van der Waals surface area contributed by atoms with Gasteiger partial charge in [-0.25, -0.2) is 13.8 Å². The summed E-state index contributed by atoms with van der Waals surface area (Å²) in [5.41, 5.74) is 0.659. The number of halogens is 2. The van der Waals surface area contributed by atoms with Gasteiger partial charge < -0.3 is 4.74 Å². The Morgan fingerprint density at radius 1 is 1.21 bits per heavy atom. The Labute approximate surface area is 196 Å². The summed E-state index contributed by atoms with van der Waals surface area (Å²) in [6.07, 6.45) is 5.08. The number of hydrogen-bond donors (Lipinski definition) is 0. The van der Waals surface area contributed by atoms with E-state index in [1.165, 1.54) is 23.1 Å². The lowest BCUT2D eigenvalue weighted by Crippen LogP contribution is -2.44. The van der Waals surface area contributed by atoms with Crippen LogP contribution in [-0.2, 0) is 4.74 Å². The van der Waals surface area contributed by atoms with Gasteiger partial charge in [-0.3, -0.25) is 14.7 Å². The van der Waals surface area contributed by atoms with Gasteiger partial charge in [0.1, 0.15) is 29.3 Å². The number of hydrogen-bond acceptors (Lipinski definition) is 5. The second-order valence-corrected chi connectivity index (χ2v) is 8.43. The van der Waals surface area contributed by atoms with Crippen LogP contribution in [-0.4, -0.2) is 28.7 Å². The number of anilines is 1. The van der Waals surface area contributed by atoms with Gasteiger partial charge in [-0.15, -0.1) is 0 Å². The topological polar surface area (TPSA) is 79.1 Å². The van der Waals surface area contributed by atoms with Crippen molar-refractivity contribution in [2.45, 2.75) is 45.3 Å². The summed E-state index contributed by atoms with van der Waals surface area (Å²) in [6, 6.07) is 10.3. The minimum Gasteiger partial charge on any atom is -0.358 e. The molecule has 6 nitrogen and oxygen atoms in total. The number of pyridine rings is 2. The molecule has 1 aliphatic rings. The van der Waals surface area contributed by atoms with Crippen LogP contribution in [0.3, 0.4) is 0 Å². The van der Waals surface area contributed by atoms with Crippen molar-refractivity contribution in [1.82, 2.24) is 9.97 Å². The van der Waals surface area contributed by atoms with Crippen LogP contribution in [0.2, 0.25) is 0 Å². The zero-order valence-corrected chi connectivity index (χ0v) is 19.0. The summed E-state index contributed by atoms with van der Waals surface area (Å²) in [4.78, 5) is 23.9. The number of carbonyl (C=O) groups is 1. The highest BCUT2D eigenvalue weighted by molar-refractivity contribution is 6.06. The third kappa shape index (κ3) is 4.66. The fourth-order valence-corrected chi connectivity index (χ4v) is 4.03. The quantitative estimate of drug-likeness (QED) is 0.494. The molecule has 4 rings (SSSR count). The van der Waals surface area contributed by atoms with Crippen LogP contribution >= 0.6 is 0 Å². The van der Waals surface area contributed by atoms with Gasteiger partial charge in [-0.1, -0.05) is 13.8 Å². The second-order valence-electron chi connectivity index (χ2n) is 8.43. The number of rotatable bonds is 5. The molecule has 8 heteroatoms. The van der Waals surface area contributed by atoms with Crippen molar-refractivity contribution in [3.8, 4) is 17.3 Å². The molecule has 1 amide bonds. The smallest absolute Gasteiger partial charge is 0.279 e. The van der Waals surface area contributed by atoms with Gasteiger partial charge in [-0.2, -0.15) is 5.26 Å². The maximum absolute atomic E-state index is 15.1. The highest BCUT2D eigenvalue weighted by Gasteiger charge is 2.32. The molecule has 174 valence electrons. The van der Waals surface area contributed by atoms with Gasteiger partial charge >= 0.3 is 0 Å². The van der Waals surface area contributed by atoms with Crippen molar-refractivity contribution in [3.05, 3.63) is 77.2 Å². The van der Waals surface area contributed by atoms with Gasteiger partial charge in [0.05, 0.1) is 23.5 Å². The molecule has 0 radical (unpaired) electrons. The number of carbonyl (C=O) groups excluding carboxylic acids is 1. The predicted molar refractivity (Wildman–Crippen MR) is 123 cm³/mol. The van der Waals surface area contributed by atoms with Gasteiger partial charge in [0.2, 0.25) is 0 Å². The van der Waals surface area contributed by atoms with Crippen LogP contribution < -0.4 is 4.90 Å². The van der Waals surface area contributed by atoms with Crippen molar-refractivity contribution in [1.29, 1.82) is 5.26 Å². The fourth-order valence-electron chi connectivity index (χ4n) is 4.03. The van der Waals surface area contributed by atoms with Gasteiger partial charge in [0.15, 0.2) is 0 Å². The predicted octanol–water partition coefficient (Wildman–Crippen LogP) is 5.59. The van der Waals surface area contributed by atoms with Crippen LogP contribution in [0.25, 0.3) is 11.3 Å². The number of nitriles is 1. The summed E-state index contributed by atoms with van der Waals surface area (Å²) < 4.78 is 35.8. The fraction of sp³-hybridized carbons (Fsp3) is 0.308. The Bertz CT molecular complexity index is 1240. The van der Waals surface area contributed by atoms with E-state index in [0.717, 1.165) is 18.9 Å². The van der Waals surface area contributed by atoms with Crippen molar-refractivity contribution < 1.29 is 18.3 Å². The number of ether oxygens (including phenoxy) is 1. The molecule has 0 saturated carbocycles. The summed E-state index contributed by atoms with van der Waals surface area (Å²) in [5, 5.41) is 9.01. The molecule has 3 aromatic rings. The normalized spacial score (nSPS) is 15.7. The molecule has 1 atom stereocenters. The maximum atomic E-state index is 15.1. The van der Waals surface area contributed by atoms with E-state index in [9.17, 15) is 9.18 Å². The monoisotopic (exact) mass is 462 g/mol. The molecule has 1 fully saturated rings. The third-order valence-electron chi connectivity index (χ3n) is 5.77. The first-order chi connectivity index (χ1) is 16.4. The number of benzene rings is 1. The van der Waals surface area contributed by atoms with Gasteiger partial charge in [0.25, 0.3) is 5.91 Å². The lowest BCUT2D eigenvalue weighted by atomic mass is 9.97. The molecule has 0 N–H and O–H groups in total. The van der Waals surface area contributed by atoms with Crippen LogP contribution in [0.4, 0.5) is 14.5 Å². The SMILES string of the molecule is CC(C)c1cc(F)c(-c2ccc(C#N)cc2F)nc1C(=O)N(c1cccnc1)C1CCCCO1. The Balaban J connectivity index is 1.86. The van der Waals surface area contributed by atoms with Crippen molar-refractivity contribution in [2.75, 3.05) is 11.5 Å². The zero-order valence-electron chi connectivity index (χ0n) is 19.0. The van der Waals surface area contributed by atoms with Crippen molar-refractivity contribution in [3.63, 3.8) is 0 Å². The average molecular weight is 463 g/mol. The molecule has 1 saturated heterocycles. The minimum absolute atomic E-state index is 0.0215. The maximum Gasteiger partial charge on any atom is 0.279 e. The Morgan fingerprint density at radius 2 is 2.03 bits per heavy atom. The molecule has 0 bridgehead atoms. The van der Waals surface area contributed by atoms with Crippen LogP contribution in [0.1, 0.15) is 60.6 Å². The van der Waals surface area contributed by atoms with Crippen LogP contribution in [0, 0.1) is 23.0 Å². The summed E-state index contributed by atoms with van der Waals surface area (Å²) >= 11 is 0. The van der Waals surface area contributed by atoms with E-state index in [0.29, 0.717) is 24.3 Å². The molecule has 3 heterocycles. The first kappa shape index (κ1) is 23.5. The standard InChI is InChI=1S/C26H24F2N4O2/c1-16(2)20-13-22(28)24(19-9-8-17(14-29)12-21(19)27)31-25(20)26(33)32(18-6-5-10-30-15-18)23-7-3-4-11-34-23/h5-6,8-10,12-13,15-16,23H,3-4,7,11H2,1-2H3. The summed E-state index contributed by atoms with van der Waals surface area (Å²) in [7, 11) is 0. The Kier molecular flexibility index (Phi) is 6.94. The Morgan fingerprint density at radius 3 is 2.65 bits per heavy atom. The lowest BCUT2D eigenvalue weighted by molar-refractivity contribution is 0.0143. The van der Waals surface area contributed by atoms with E-state index >= 15 is 4.39 Å². The van der Waals surface area contributed by atoms with E-state index in [1.54, 1.807) is 24.5 Å². The van der Waals surface area contributed by atoms with Crippen molar-refractivity contribution >= 4 is 11.6 Å². The number of amides is 1. The highest BCUT2D eigenvalue weighted by atomic mass is 19.1. The molecular formula is C26H24F2N4O2. The minimum atomic E-state index is -0.791. The molecule has 0 aliphatic carbocycles. The molecule has 1 aromatic carbocycles. The van der Waals surface area contributed by atoms with Gasteiger partial charge in [-0.05, 0) is 67.1 Å². The highest BCUT2D eigenvalue weighted by Crippen LogP contribution is 2.32. The Hall–Kier alpha value is -3.70. The molecule has 0 spiro atoms. The first-order valence-corrected chi connectivity index (χ1v) is 11.2. The van der Waals surface area contributed by atoms with E-state index < -0.39 is 23.8 Å². The number of aromatic nitrogens is 2. The van der Waals surface area contributed by atoms with E-state index in [4.69, 9.17) is 10.00 Å². The summed E-state index contributed by atoms with van der Waals surface area (Å²) in [6.45, 7) is 4.19. The molecular weight excluding hydrogens is 438 g/mol. The second kappa shape index (κ2) is 10.1.